The maximum absolute atomic E-state index is 12.9. The molecule has 0 saturated carbocycles. The molecule has 0 aliphatic rings. The van der Waals surface area contributed by atoms with E-state index in [0.29, 0.717) is 17.1 Å². The lowest BCUT2D eigenvalue weighted by molar-refractivity contribution is -0.147. The van der Waals surface area contributed by atoms with Crippen molar-refractivity contribution >= 4 is 29.2 Å². The highest BCUT2D eigenvalue weighted by Gasteiger charge is 2.10. The lowest BCUT2D eigenvalue weighted by Crippen LogP contribution is -2.21. The van der Waals surface area contributed by atoms with Crippen LogP contribution in [0.25, 0.3) is 0 Å². The molecule has 3 aromatic rings. The second kappa shape index (κ2) is 12.2. The number of rotatable bonds is 10. The zero-order chi connectivity index (χ0) is 24.3. The van der Waals surface area contributed by atoms with Crippen LogP contribution in [0.5, 0.6) is 11.5 Å². The average molecular weight is 464 g/mol. The van der Waals surface area contributed by atoms with Gasteiger partial charge >= 0.3 is 5.97 Å². The summed E-state index contributed by atoms with van der Waals surface area (Å²) in [6.45, 7) is 1.54. The highest BCUT2D eigenvalue weighted by atomic mass is 19.1. The molecular weight excluding hydrogens is 439 g/mol. The summed E-state index contributed by atoms with van der Waals surface area (Å²) in [6, 6.07) is 19.9. The molecule has 7 nitrogen and oxygen atoms in total. The zero-order valence-corrected chi connectivity index (χ0v) is 18.7. The second-order valence-corrected chi connectivity index (χ2v) is 7.56. The zero-order valence-electron chi connectivity index (χ0n) is 18.7. The van der Waals surface area contributed by atoms with E-state index in [-0.39, 0.29) is 25.2 Å². The van der Waals surface area contributed by atoms with Crippen molar-refractivity contribution in [2.45, 2.75) is 26.2 Å². The number of nitrogens with one attached hydrogen (secondary N) is 2. The number of hydrogen-bond donors (Lipinski definition) is 2. The van der Waals surface area contributed by atoms with Crippen LogP contribution in [-0.2, 0) is 19.1 Å². The third kappa shape index (κ3) is 8.38. The molecular formula is C26H25FN2O5. The summed E-state index contributed by atoms with van der Waals surface area (Å²) in [4.78, 5) is 35.7. The Morgan fingerprint density at radius 2 is 1.26 bits per heavy atom. The Hall–Kier alpha value is -4.20. The van der Waals surface area contributed by atoms with Crippen molar-refractivity contribution in [3.63, 3.8) is 0 Å². The third-order valence-corrected chi connectivity index (χ3v) is 4.67. The van der Waals surface area contributed by atoms with Gasteiger partial charge in [-0.25, -0.2) is 4.39 Å². The van der Waals surface area contributed by atoms with Gasteiger partial charge in [-0.2, -0.15) is 0 Å². The highest BCUT2D eigenvalue weighted by Crippen LogP contribution is 2.23. The number of esters is 1. The topological polar surface area (TPSA) is 93.7 Å². The fourth-order valence-electron chi connectivity index (χ4n) is 2.91. The number of benzene rings is 3. The van der Waals surface area contributed by atoms with Gasteiger partial charge < -0.3 is 20.1 Å². The Morgan fingerprint density at radius 3 is 1.88 bits per heavy atom. The van der Waals surface area contributed by atoms with E-state index >= 15 is 0 Å². The molecule has 0 fully saturated rings. The van der Waals surface area contributed by atoms with Crippen molar-refractivity contribution in [1.29, 1.82) is 0 Å². The minimum absolute atomic E-state index is 0.000571. The van der Waals surface area contributed by atoms with E-state index in [1.54, 1.807) is 24.3 Å². The molecule has 2 amide bonds. The molecule has 3 aromatic carbocycles. The summed E-state index contributed by atoms with van der Waals surface area (Å²) < 4.78 is 23.5. The van der Waals surface area contributed by atoms with E-state index in [9.17, 15) is 18.8 Å². The van der Waals surface area contributed by atoms with Crippen molar-refractivity contribution in [3.8, 4) is 11.5 Å². The van der Waals surface area contributed by atoms with Crippen molar-refractivity contribution in [1.82, 2.24) is 0 Å². The molecule has 0 aliphatic carbocycles. The van der Waals surface area contributed by atoms with Crippen LogP contribution in [-0.4, -0.2) is 24.4 Å². The van der Waals surface area contributed by atoms with Gasteiger partial charge in [-0.05, 0) is 74.0 Å². The Bertz CT molecular complexity index is 1110. The van der Waals surface area contributed by atoms with Crippen molar-refractivity contribution in [2.24, 2.45) is 0 Å². The van der Waals surface area contributed by atoms with Crippen LogP contribution in [0.15, 0.2) is 72.8 Å². The van der Waals surface area contributed by atoms with Gasteiger partial charge in [0, 0.05) is 24.2 Å². The molecule has 0 radical (unpaired) electrons. The van der Waals surface area contributed by atoms with Crippen LogP contribution in [0.1, 0.15) is 24.8 Å². The first kappa shape index (κ1) is 24.4. The molecule has 8 heteroatoms. The fourth-order valence-corrected chi connectivity index (χ4v) is 2.91. The second-order valence-electron chi connectivity index (χ2n) is 7.56. The van der Waals surface area contributed by atoms with E-state index in [4.69, 9.17) is 9.47 Å². The Kier molecular flexibility index (Phi) is 8.73. The third-order valence-electron chi connectivity index (χ3n) is 4.67. The van der Waals surface area contributed by atoms with Gasteiger partial charge in [0.25, 0.3) is 5.91 Å². The molecule has 0 aromatic heterocycles. The first-order valence-corrected chi connectivity index (χ1v) is 10.7. The summed E-state index contributed by atoms with van der Waals surface area (Å²) in [5.74, 6) is -0.408. The van der Waals surface area contributed by atoms with Gasteiger partial charge in [0.05, 0.1) is 0 Å². The van der Waals surface area contributed by atoms with Gasteiger partial charge in [0.2, 0.25) is 5.91 Å². The van der Waals surface area contributed by atoms with Crippen molar-refractivity contribution in [2.75, 3.05) is 17.2 Å². The average Bonchev–Trinajstić information content (AvgIpc) is 2.82. The number of anilines is 2. The molecule has 2 N–H and O–H groups in total. The normalized spacial score (nSPS) is 10.3. The predicted octanol–water partition coefficient (Wildman–Crippen LogP) is 5.22. The van der Waals surface area contributed by atoms with Crippen LogP contribution in [0, 0.1) is 12.7 Å². The van der Waals surface area contributed by atoms with Crippen LogP contribution in [0.4, 0.5) is 15.8 Å². The largest absolute Gasteiger partial charge is 0.457 e. The first-order valence-electron chi connectivity index (χ1n) is 10.7. The Morgan fingerprint density at radius 1 is 0.735 bits per heavy atom. The van der Waals surface area contributed by atoms with Gasteiger partial charge in [0.15, 0.2) is 6.61 Å². The van der Waals surface area contributed by atoms with Gasteiger partial charge in [0.1, 0.15) is 17.3 Å². The molecule has 0 aliphatic heterocycles. The minimum Gasteiger partial charge on any atom is -0.457 e. The van der Waals surface area contributed by atoms with Crippen LogP contribution < -0.4 is 15.4 Å². The van der Waals surface area contributed by atoms with Crippen molar-refractivity contribution in [3.05, 3.63) is 84.2 Å². The van der Waals surface area contributed by atoms with Gasteiger partial charge in [-0.3, -0.25) is 14.4 Å². The maximum Gasteiger partial charge on any atom is 0.306 e. The van der Waals surface area contributed by atoms with E-state index in [1.807, 2.05) is 31.2 Å². The number of hydrogen-bond acceptors (Lipinski definition) is 5. The first-order chi connectivity index (χ1) is 16.4. The lowest BCUT2D eigenvalue weighted by Gasteiger charge is -2.09. The number of aryl methyl sites for hydroxylation is 1. The monoisotopic (exact) mass is 464 g/mol. The summed E-state index contributed by atoms with van der Waals surface area (Å²) in [6.07, 6.45) is 0.401. The standard InChI is InChI=1S/C26H25FN2O5/c1-18-5-13-22(14-6-18)34-23-15-11-21(12-16-23)28-24(30)3-2-4-26(32)33-17-25(31)29-20-9-7-19(27)8-10-20/h5-16H,2-4,17H2,1H3,(H,28,30)(H,29,31). The van der Waals surface area contributed by atoms with Crippen LogP contribution in [0.3, 0.4) is 0 Å². The number of ether oxygens (including phenoxy) is 2. The molecule has 0 heterocycles. The molecule has 0 atom stereocenters. The lowest BCUT2D eigenvalue weighted by atomic mass is 10.2. The minimum atomic E-state index is -0.584. The Balaban J connectivity index is 1.32. The smallest absolute Gasteiger partial charge is 0.306 e. The molecule has 0 spiro atoms. The predicted molar refractivity (Wildman–Crippen MR) is 126 cm³/mol. The summed E-state index contributed by atoms with van der Waals surface area (Å²) >= 11 is 0. The SMILES string of the molecule is Cc1ccc(Oc2ccc(NC(=O)CCCC(=O)OCC(=O)Nc3ccc(F)cc3)cc2)cc1. The van der Waals surface area contributed by atoms with Gasteiger partial charge in [-0.1, -0.05) is 17.7 Å². The quantitative estimate of drug-likeness (QED) is 0.402. The maximum atomic E-state index is 12.9. The Labute approximate surface area is 196 Å². The van der Waals surface area contributed by atoms with Gasteiger partial charge in [-0.15, -0.1) is 0 Å². The van der Waals surface area contributed by atoms with E-state index in [2.05, 4.69) is 10.6 Å². The number of amides is 2. The molecule has 0 saturated heterocycles. The molecule has 3 rings (SSSR count). The molecule has 0 unspecified atom stereocenters. The van der Waals surface area contributed by atoms with E-state index in [0.717, 1.165) is 11.3 Å². The van der Waals surface area contributed by atoms with E-state index < -0.39 is 24.3 Å². The van der Waals surface area contributed by atoms with E-state index in [1.165, 1.54) is 24.3 Å². The summed E-state index contributed by atoms with van der Waals surface area (Å²) in [5.41, 5.74) is 2.15. The molecule has 34 heavy (non-hydrogen) atoms. The fraction of sp³-hybridized carbons (Fsp3) is 0.192. The summed E-state index contributed by atoms with van der Waals surface area (Å²) in [7, 11) is 0. The van der Waals surface area contributed by atoms with Crippen LogP contribution >= 0.6 is 0 Å². The van der Waals surface area contributed by atoms with Crippen LogP contribution in [0.2, 0.25) is 0 Å². The van der Waals surface area contributed by atoms with Crippen molar-refractivity contribution < 1.29 is 28.2 Å². The highest BCUT2D eigenvalue weighted by molar-refractivity contribution is 5.93. The molecule has 0 bridgehead atoms. The number of halogens is 1. The number of carbonyl (C=O) groups excluding carboxylic acids is 3. The summed E-state index contributed by atoms with van der Waals surface area (Å²) in [5, 5.41) is 5.25. The molecule has 176 valence electrons. The number of carbonyl (C=O) groups is 3.